The molecule has 2 aromatic heterocycles. The second-order valence-electron chi connectivity index (χ2n) is 4.69. The van der Waals surface area contributed by atoms with Crippen molar-refractivity contribution < 1.29 is 9.26 Å². The van der Waals surface area contributed by atoms with E-state index >= 15 is 0 Å². The summed E-state index contributed by atoms with van der Waals surface area (Å²) in [7, 11) is 1.85. The maximum atomic E-state index is 8.87. The number of rotatable bonds is 3. The third-order valence-electron chi connectivity index (χ3n) is 3.26. The van der Waals surface area contributed by atoms with Crippen LogP contribution in [0.25, 0.3) is 11.6 Å². The van der Waals surface area contributed by atoms with Crippen molar-refractivity contribution in [2.45, 2.75) is 25.4 Å². The quantitative estimate of drug-likeness (QED) is 0.836. The highest BCUT2D eigenvalue weighted by Gasteiger charge is 2.20. The Hall–Kier alpha value is -2.13. The Kier molecular flexibility index (Phi) is 3.05. The zero-order valence-corrected chi connectivity index (χ0v) is 10.7. The molecule has 3 heterocycles. The molecule has 0 aliphatic carbocycles. The van der Waals surface area contributed by atoms with Crippen molar-refractivity contribution >= 4 is 0 Å². The predicted octanol–water partition coefficient (Wildman–Crippen LogP) is 1.67. The standard InChI is InChI=1S/C13H14N4O2/c1-17-8-9(7-14)5-11(17)13-15-12(16-19-13)6-10-3-2-4-18-10/h5,8,10H,2-4,6H2,1H3. The summed E-state index contributed by atoms with van der Waals surface area (Å²) < 4.78 is 12.6. The largest absolute Gasteiger partial charge is 0.378 e. The first kappa shape index (κ1) is 11.9. The van der Waals surface area contributed by atoms with E-state index in [0.717, 1.165) is 25.1 Å². The number of hydrogen-bond donors (Lipinski definition) is 0. The van der Waals surface area contributed by atoms with Crippen molar-refractivity contribution in [1.29, 1.82) is 5.26 Å². The molecule has 0 amide bonds. The molecule has 19 heavy (non-hydrogen) atoms. The Labute approximate surface area is 110 Å². The lowest BCUT2D eigenvalue weighted by Crippen LogP contribution is -2.09. The summed E-state index contributed by atoms with van der Waals surface area (Å²) in [6.45, 7) is 0.818. The Morgan fingerprint density at radius 1 is 1.58 bits per heavy atom. The topological polar surface area (TPSA) is 76.9 Å². The number of nitriles is 1. The lowest BCUT2D eigenvalue weighted by Gasteiger charge is -2.03. The second kappa shape index (κ2) is 4.86. The third kappa shape index (κ3) is 2.37. The summed E-state index contributed by atoms with van der Waals surface area (Å²) in [4.78, 5) is 4.36. The number of ether oxygens (including phenoxy) is 1. The summed E-state index contributed by atoms with van der Waals surface area (Å²) in [6.07, 6.45) is 4.76. The molecular weight excluding hydrogens is 244 g/mol. The van der Waals surface area contributed by atoms with Gasteiger partial charge in [-0.2, -0.15) is 10.2 Å². The predicted molar refractivity (Wildman–Crippen MR) is 66.1 cm³/mol. The first-order valence-electron chi connectivity index (χ1n) is 6.27. The minimum absolute atomic E-state index is 0.202. The average molecular weight is 258 g/mol. The summed E-state index contributed by atoms with van der Waals surface area (Å²) in [5, 5.41) is 12.8. The van der Waals surface area contributed by atoms with Gasteiger partial charge in [0.2, 0.25) is 0 Å². The molecule has 0 bridgehead atoms. The number of hydrogen-bond acceptors (Lipinski definition) is 5. The molecular formula is C13H14N4O2. The zero-order chi connectivity index (χ0) is 13.2. The van der Waals surface area contributed by atoms with E-state index in [4.69, 9.17) is 14.5 Å². The highest BCUT2D eigenvalue weighted by Crippen LogP contribution is 2.21. The Bertz CT molecular complexity index is 617. The summed E-state index contributed by atoms with van der Waals surface area (Å²) in [5.41, 5.74) is 1.33. The van der Waals surface area contributed by atoms with Gasteiger partial charge in [0.05, 0.1) is 11.7 Å². The first-order valence-corrected chi connectivity index (χ1v) is 6.27. The van der Waals surface area contributed by atoms with Crippen LogP contribution in [0.5, 0.6) is 0 Å². The SMILES string of the molecule is Cn1cc(C#N)cc1-c1nc(CC2CCCO2)no1. The normalized spacial score (nSPS) is 18.6. The second-order valence-corrected chi connectivity index (χ2v) is 4.69. The molecule has 0 N–H and O–H groups in total. The van der Waals surface area contributed by atoms with E-state index in [1.807, 2.05) is 11.6 Å². The van der Waals surface area contributed by atoms with Crippen LogP contribution in [0, 0.1) is 11.3 Å². The van der Waals surface area contributed by atoms with Gasteiger partial charge in [-0.1, -0.05) is 5.16 Å². The fourth-order valence-corrected chi connectivity index (χ4v) is 2.29. The molecule has 0 radical (unpaired) electrons. The monoisotopic (exact) mass is 258 g/mol. The van der Waals surface area contributed by atoms with Gasteiger partial charge in [0.1, 0.15) is 11.8 Å². The molecule has 1 saturated heterocycles. The van der Waals surface area contributed by atoms with E-state index in [1.165, 1.54) is 0 Å². The van der Waals surface area contributed by atoms with Crippen LogP contribution in [0.4, 0.5) is 0 Å². The maximum absolute atomic E-state index is 8.87. The third-order valence-corrected chi connectivity index (χ3v) is 3.26. The minimum atomic E-state index is 0.202. The molecule has 6 nitrogen and oxygen atoms in total. The fraction of sp³-hybridized carbons (Fsp3) is 0.462. The highest BCUT2D eigenvalue weighted by molar-refractivity contribution is 5.52. The van der Waals surface area contributed by atoms with Gasteiger partial charge in [0.15, 0.2) is 5.82 Å². The fourth-order valence-electron chi connectivity index (χ4n) is 2.29. The minimum Gasteiger partial charge on any atom is -0.378 e. The molecule has 6 heteroatoms. The Morgan fingerprint density at radius 2 is 2.47 bits per heavy atom. The average Bonchev–Trinajstić information content (AvgIpc) is 3.10. The molecule has 98 valence electrons. The summed E-state index contributed by atoms with van der Waals surface area (Å²) >= 11 is 0. The van der Waals surface area contributed by atoms with Gasteiger partial charge in [0.25, 0.3) is 5.89 Å². The van der Waals surface area contributed by atoms with Crippen LogP contribution in [0.3, 0.4) is 0 Å². The van der Waals surface area contributed by atoms with Crippen molar-refractivity contribution in [1.82, 2.24) is 14.7 Å². The molecule has 1 aliphatic heterocycles. The van der Waals surface area contributed by atoms with E-state index in [-0.39, 0.29) is 6.10 Å². The van der Waals surface area contributed by atoms with Crippen molar-refractivity contribution in [2.75, 3.05) is 6.61 Å². The van der Waals surface area contributed by atoms with E-state index in [9.17, 15) is 0 Å². The molecule has 1 fully saturated rings. The van der Waals surface area contributed by atoms with E-state index < -0.39 is 0 Å². The van der Waals surface area contributed by atoms with Crippen LogP contribution in [-0.4, -0.2) is 27.4 Å². The molecule has 1 aliphatic rings. The van der Waals surface area contributed by atoms with E-state index in [2.05, 4.69) is 16.2 Å². The van der Waals surface area contributed by atoms with Crippen LogP contribution >= 0.6 is 0 Å². The smallest absolute Gasteiger partial charge is 0.274 e. The highest BCUT2D eigenvalue weighted by atomic mass is 16.5. The lowest BCUT2D eigenvalue weighted by atomic mass is 10.2. The molecule has 0 aromatic carbocycles. The van der Waals surface area contributed by atoms with Crippen LogP contribution in [0.1, 0.15) is 24.2 Å². The van der Waals surface area contributed by atoms with Crippen LogP contribution in [0.15, 0.2) is 16.8 Å². The molecule has 3 rings (SSSR count). The van der Waals surface area contributed by atoms with Gasteiger partial charge in [-0.25, -0.2) is 0 Å². The lowest BCUT2D eigenvalue weighted by molar-refractivity contribution is 0.109. The van der Waals surface area contributed by atoms with E-state index in [0.29, 0.717) is 23.7 Å². The maximum Gasteiger partial charge on any atom is 0.274 e. The Morgan fingerprint density at radius 3 is 3.16 bits per heavy atom. The van der Waals surface area contributed by atoms with Gasteiger partial charge < -0.3 is 13.8 Å². The zero-order valence-electron chi connectivity index (χ0n) is 10.7. The van der Waals surface area contributed by atoms with E-state index in [1.54, 1.807) is 12.3 Å². The first-order chi connectivity index (χ1) is 9.26. The van der Waals surface area contributed by atoms with Crippen molar-refractivity contribution in [3.05, 3.63) is 23.7 Å². The number of aromatic nitrogens is 3. The Balaban J connectivity index is 1.80. The van der Waals surface area contributed by atoms with Gasteiger partial charge in [-0.15, -0.1) is 0 Å². The van der Waals surface area contributed by atoms with Gasteiger partial charge in [-0.05, 0) is 18.9 Å². The van der Waals surface area contributed by atoms with Crippen LogP contribution in [-0.2, 0) is 18.2 Å². The van der Waals surface area contributed by atoms with Gasteiger partial charge in [-0.3, -0.25) is 0 Å². The van der Waals surface area contributed by atoms with Crippen molar-refractivity contribution in [3.8, 4) is 17.7 Å². The van der Waals surface area contributed by atoms with Crippen LogP contribution in [0.2, 0.25) is 0 Å². The van der Waals surface area contributed by atoms with Gasteiger partial charge >= 0.3 is 0 Å². The van der Waals surface area contributed by atoms with Gasteiger partial charge in [0, 0.05) is 26.3 Å². The summed E-state index contributed by atoms with van der Waals surface area (Å²) in [6, 6.07) is 3.83. The van der Waals surface area contributed by atoms with Crippen molar-refractivity contribution in [3.63, 3.8) is 0 Å². The molecule has 1 atom stereocenters. The van der Waals surface area contributed by atoms with Crippen LogP contribution < -0.4 is 0 Å². The summed E-state index contributed by atoms with van der Waals surface area (Å²) in [5.74, 6) is 1.10. The molecule has 0 spiro atoms. The molecule has 0 saturated carbocycles. The molecule has 2 aromatic rings. The number of nitrogens with zero attached hydrogens (tertiary/aromatic N) is 4. The number of aryl methyl sites for hydroxylation is 1. The van der Waals surface area contributed by atoms with Crippen molar-refractivity contribution in [2.24, 2.45) is 7.05 Å². The molecule has 1 unspecified atom stereocenters.